The van der Waals surface area contributed by atoms with Crippen LogP contribution in [0.5, 0.6) is 0 Å². The zero-order valence-electron chi connectivity index (χ0n) is 10.9. The van der Waals surface area contributed by atoms with Crippen molar-refractivity contribution in [1.82, 2.24) is 4.98 Å². The maximum Gasteiger partial charge on any atom is 0.346 e. The molecule has 4 rings (SSSR count). The van der Waals surface area contributed by atoms with E-state index < -0.39 is 16.9 Å². The van der Waals surface area contributed by atoms with Crippen molar-refractivity contribution < 1.29 is 19.2 Å². The quantitative estimate of drug-likeness (QED) is 0.225. The Bertz CT molecular complexity index is 1030. The molecule has 2 aromatic carbocycles. The van der Waals surface area contributed by atoms with Crippen molar-refractivity contribution in [3.8, 4) is 0 Å². The van der Waals surface area contributed by atoms with Crippen LogP contribution in [0.1, 0.15) is 20.7 Å². The predicted molar refractivity (Wildman–Crippen MR) is 75.6 cm³/mol. The Morgan fingerprint density at radius 2 is 1.77 bits per heavy atom. The van der Waals surface area contributed by atoms with Crippen molar-refractivity contribution in [3.05, 3.63) is 57.8 Å². The highest BCUT2D eigenvalue weighted by molar-refractivity contribution is 6.26. The molecule has 1 aromatic heterocycles. The van der Waals surface area contributed by atoms with Crippen LogP contribution in [-0.4, -0.2) is 21.8 Å². The smallest absolute Gasteiger partial charge is 0.346 e. The van der Waals surface area contributed by atoms with Crippen LogP contribution in [0.25, 0.3) is 21.7 Å². The number of carbonyl (C=O) groups excluding carboxylic acids is 2. The number of fused-ring (bicyclic) bond motifs is 2. The standard InChI is InChI=1S/C15H6N2O5/c18-14-10-5-7(17(20)21)4-9-8-2-1-3-16-12(8)6-11(13(9)10)15(19)22-14/h1-6H. The van der Waals surface area contributed by atoms with E-state index in [9.17, 15) is 19.7 Å². The Morgan fingerprint density at radius 3 is 2.50 bits per heavy atom. The summed E-state index contributed by atoms with van der Waals surface area (Å²) in [4.78, 5) is 38.5. The molecule has 0 spiro atoms. The van der Waals surface area contributed by atoms with Crippen LogP contribution in [0.2, 0.25) is 0 Å². The van der Waals surface area contributed by atoms with Gasteiger partial charge < -0.3 is 4.74 Å². The number of nitro groups is 1. The Labute approximate surface area is 122 Å². The summed E-state index contributed by atoms with van der Waals surface area (Å²) in [5, 5.41) is 12.5. The van der Waals surface area contributed by atoms with Crippen LogP contribution >= 0.6 is 0 Å². The van der Waals surface area contributed by atoms with Crippen molar-refractivity contribution in [2.45, 2.75) is 0 Å². The number of non-ortho nitro benzene ring substituents is 1. The Balaban J connectivity index is 2.31. The third-order valence-electron chi connectivity index (χ3n) is 3.64. The van der Waals surface area contributed by atoms with Crippen LogP contribution in [0.15, 0.2) is 36.5 Å². The molecule has 1 aliphatic rings. The predicted octanol–water partition coefficient (Wildman–Crippen LogP) is 2.61. The minimum absolute atomic E-state index is 0.0181. The molecule has 22 heavy (non-hydrogen) atoms. The Morgan fingerprint density at radius 1 is 1.05 bits per heavy atom. The molecule has 0 N–H and O–H groups in total. The number of ether oxygens (including phenoxy) is 1. The second kappa shape index (κ2) is 4.08. The molecule has 7 heteroatoms. The molecule has 1 aliphatic heterocycles. The molecule has 106 valence electrons. The molecule has 0 saturated carbocycles. The van der Waals surface area contributed by atoms with Crippen molar-refractivity contribution in [2.24, 2.45) is 0 Å². The highest BCUT2D eigenvalue weighted by atomic mass is 16.6. The second-order valence-corrected chi connectivity index (χ2v) is 4.84. The molecule has 0 fully saturated rings. The minimum Gasteiger partial charge on any atom is -0.386 e. The van der Waals surface area contributed by atoms with Gasteiger partial charge in [0, 0.05) is 29.1 Å². The van der Waals surface area contributed by atoms with E-state index in [2.05, 4.69) is 9.72 Å². The first-order chi connectivity index (χ1) is 10.6. The number of nitrogens with zero attached hydrogens (tertiary/aromatic N) is 2. The van der Waals surface area contributed by atoms with Crippen LogP contribution < -0.4 is 0 Å². The van der Waals surface area contributed by atoms with Gasteiger partial charge in [-0.15, -0.1) is 0 Å². The fourth-order valence-corrected chi connectivity index (χ4v) is 2.72. The number of hydrogen-bond donors (Lipinski definition) is 0. The molecule has 0 bridgehead atoms. The summed E-state index contributed by atoms with van der Waals surface area (Å²) in [5.74, 6) is -1.65. The van der Waals surface area contributed by atoms with E-state index in [0.717, 1.165) is 6.07 Å². The summed E-state index contributed by atoms with van der Waals surface area (Å²) in [7, 11) is 0. The van der Waals surface area contributed by atoms with Crippen molar-refractivity contribution in [3.63, 3.8) is 0 Å². The molecule has 7 nitrogen and oxygen atoms in total. The summed E-state index contributed by atoms with van der Waals surface area (Å²) < 4.78 is 4.66. The fraction of sp³-hybridized carbons (Fsp3) is 0. The second-order valence-electron chi connectivity index (χ2n) is 4.84. The van der Waals surface area contributed by atoms with E-state index in [0.29, 0.717) is 21.7 Å². The van der Waals surface area contributed by atoms with Gasteiger partial charge in [0.25, 0.3) is 5.69 Å². The van der Waals surface area contributed by atoms with Crippen molar-refractivity contribution >= 4 is 39.3 Å². The average molecular weight is 294 g/mol. The van der Waals surface area contributed by atoms with Gasteiger partial charge in [-0.3, -0.25) is 15.1 Å². The third-order valence-corrected chi connectivity index (χ3v) is 3.64. The van der Waals surface area contributed by atoms with Gasteiger partial charge in [-0.05, 0) is 17.5 Å². The van der Waals surface area contributed by atoms with E-state index in [-0.39, 0.29) is 16.8 Å². The summed E-state index contributed by atoms with van der Waals surface area (Å²) in [6.45, 7) is 0. The van der Waals surface area contributed by atoms with Crippen LogP contribution in [0, 0.1) is 10.1 Å². The summed E-state index contributed by atoms with van der Waals surface area (Å²) in [6.07, 6.45) is 1.55. The topological polar surface area (TPSA) is 99.4 Å². The van der Waals surface area contributed by atoms with Gasteiger partial charge in [0.1, 0.15) is 0 Å². The highest BCUT2D eigenvalue weighted by Gasteiger charge is 2.30. The maximum atomic E-state index is 11.9. The zero-order valence-corrected chi connectivity index (χ0v) is 10.9. The first-order valence-electron chi connectivity index (χ1n) is 6.32. The lowest BCUT2D eigenvalue weighted by Gasteiger charge is -2.16. The van der Waals surface area contributed by atoms with Gasteiger partial charge in [-0.25, -0.2) is 9.59 Å². The minimum atomic E-state index is -0.880. The molecule has 0 aliphatic carbocycles. The van der Waals surface area contributed by atoms with E-state index in [1.165, 1.54) is 12.1 Å². The monoisotopic (exact) mass is 294 g/mol. The van der Waals surface area contributed by atoms with Crippen LogP contribution in [0.3, 0.4) is 0 Å². The molecule has 2 heterocycles. The summed E-state index contributed by atoms with van der Waals surface area (Å²) in [5.41, 5.74) is 0.467. The normalized spacial score (nSPS) is 13.5. The molecule has 0 unspecified atom stereocenters. The lowest BCUT2D eigenvalue weighted by molar-refractivity contribution is -0.384. The molecule has 0 amide bonds. The van der Waals surface area contributed by atoms with Gasteiger partial charge >= 0.3 is 11.9 Å². The Hall–Kier alpha value is -3.35. The van der Waals surface area contributed by atoms with E-state index in [1.807, 2.05) is 0 Å². The van der Waals surface area contributed by atoms with Crippen molar-refractivity contribution in [1.29, 1.82) is 0 Å². The third kappa shape index (κ3) is 1.53. The molecule has 0 atom stereocenters. The lowest BCUT2D eigenvalue weighted by Crippen LogP contribution is -2.20. The first kappa shape index (κ1) is 12.4. The van der Waals surface area contributed by atoms with Gasteiger partial charge in [-0.1, -0.05) is 6.07 Å². The van der Waals surface area contributed by atoms with E-state index in [4.69, 9.17) is 0 Å². The number of esters is 2. The lowest BCUT2D eigenvalue weighted by atomic mass is 9.93. The number of nitro benzene ring substituents is 1. The largest absolute Gasteiger partial charge is 0.386 e. The number of benzene rings is 2. The summed E-state index contributed by atoms with van der Waals surface area (Å²) in [6, 6.07) is 7.42. The molecule has 0 radical (unpaired) electrons. The van der Waals surface area contributed by atoms with Crippen LogP contribution in [0.4, 0.5) is 5.69 Å². The number of cyclic esters (lactones) is 2. The molecule has 3 aromatic rings. The first-order valence-corrected chi connectivity index (χ1v) is 6.32. The zero-order chi connectivity index (χ0) is 15.4. The van der Waals surface area contributed by atoms with Crippen LogP contribution in [-0.2, 0) is 4.74 Å². The summed E-state index contributed by atoms with van der Waals surface area (Å²) >= 11 is 0. The number of pyridine rings is 1. The van der Waals surface area contributed by atoms with E-state index in [1.54, 1.807) is 18.3 Å². The number of carbonyl (C=O) groups is 2. The maximum absolute atomic E-state index is 11.9. The SMILES string of the molecule is O=C1OC(=O)c2cc3ncccc3c3cc([N+](=O)[O-])cc1c23. The Kier molecular flexibility index (Phi) is 2.30. The van der Waals surface area contributed by atoms with Crippen molar-refractivity contribution in [2.75, 3.05) is 0 Å². The fourth-order valence-electron chi connectivity index (χ4n) is 2.72. The molecular weight excluding hydrogens is 288 g/mol. The highest BCUT2D eigenvalue weighted by Crippen LogP contribution is 2.36. The number of hydrogen-bond acceptors (Lipinski definition) is 6. The van der Waals surface area contributed by atoms with Gasteiger partial charge in [0.15, 0.2) is 0 Å². The van der Waals surface area contributed by atoms with Gasteiger partial charge in [0.2, 0.25) is 0 Å². The number of aromatic nitrogens is 1. The average Bonchev–Trinajstić information content (AvgIpc) is 2.51. The van der Waals surface area contributed by atoms with Gasteiger partial charge in [-0.2, -0.15) is 0 Å². The molecular formula is C15H6N2O5. The van der Waals surface area contributed by atoms with Gasteiger partial charge in [0.05, 0.1) is 21.6 Å². The molecule has 0 saturated heterocycles. The van der Waals surface area contributed by atoms with E-state index >= 15 is 0 Å². The number of rotatable bonds is 1.